The number of thioether (sulfide) groups is 1. The van der Waals surface area contributed by atoms with Gasteiger partial charge >= 0.3 is 5.97 Å². The average molecular weight is 571 g/mol. The molecule has 1 unspecified atom stereocenters. The number of aromatic hydroxyl groups is 1. The highest BCUT2D eigenvalue weighted by molar-refractivity contribution is 8.04. The molecule has 1 atom stereocenters. The fraction of sp³-hybridized carbons (Fsp3) is 0.303. The first-order valence-corrected chi connectivity index (χ1v) is 14.2. The molecule has 212 valence electrons. The SMILES string of the molecule is Cc1cc(SC2=C(O)CC(C)(CCc3ccc(O)cc3)OC2=O)c(C(C)(C)C)cc1NC(=O)c1ccc(C#N)cc1. The topological polar surface area (TPSA) is 120 Å². The molecule has 4 rings (SSSR count). The Kier molecular flexibility index (Phi) is 8.50. The number of carbonyl (C=O) groups is 2. The van der Waals surface area contributed by atoms with E-state index in [9.17, 15) is 19.8 Å². The minimum absolute atomic E-state index is 0.00448. The minimum atomic E-state index is -0.856. The number of phenols is 1. The Morgan fingerprint density at radius 2 is 1.76 bits per heavy atom. The number of nitriles is 1. The number of hydrogen-bond acceptors (Lipinski definition) is 7. The molecule has 7 nitrogen and oxygen atoms in total. The number of nitrogens with one attached hydrogen (secondary N) is 1. The molecule has 0 fully saturated rings. The van der Waals surface area contributed by atoms with Crippen molar-refractivity contribution in [1.29, 1.82) is 5.26 Å². The third kappa shape index (κ3) is 7.11. The monoisotopic (exact) mass is 570 g/mol. The number of aryl methyl sites for hydroxylation is 2. The molecular weight excluding hydrogens is 536 g/mol. The molecule has 1 aliphatic rings. The smallest absolute Gasteiger partial charge is 0.348 e. The van der Waals surface area contributed by atoms with Gasteiger partial charge in [-0.25, -0.2) is 4.79 Å². The Bertz CT molecular complexity index is 1550. The summed E-state index contributed by atoms with van der Waals surface area (Å²) in [4.78, 5) is 27.0. The van der Waals surface area contributed by atoms with Gasteiger partial charge in [0.25, 0.3) is 5.91 Å². The molecule has 0 aromatic heterocycles. The molecule has 0 aliphatic carbocycles. The van der Waals surface area contributed by atoms with Gasteiger partial charge in [-0.1, -0.05) is 44.7 Å². The maximum Gasteiger partial charge on any atom is 0.348 e. The standard InChI is InChI=1S/C33H34N2O5S/c1-20-16-28(25(32(2,3)4)17-26(20)35-30(38)23-10-6-22(19-34)7-11-23)41-29-27(37)18-33(5,40-31(29)39)15-14-21-8-12-24(36)13-9-21/h6-13,16-17,36-37H,14-15,18H2,1-5H3,(H,35,38). The van der Waals surface area contributed by atoms with E-state index in [0.717, 1.165) is 21.6 Å². The number of carbonyl (C=O) groups excluding carboxylic acids is 2. The zero-order chi connectivity index (χ0) is 29.9. The average Bonchev–Trinajstić information content (AvgIpc) is 2.91. The number of benzene rings is 3. The van der Waals surface area contributed by atoms with E-state index >= 15 is 0 Å². The summed E-state index contributed by atoms with van der Waals surface area (Å²) in [5.74, 6) is -0.670. The molecule has 3 N–H and O–H groups in total. The van der Waals surface area contributed by atoms with Gasteiger partial charge < -0.3 is 20.3 Å². The fourth-order valence-electron chi connectivity index (χ4n) is 4.66. The van der Waals surface area contributed by atoms with Crippen molar-refractivity contribution in [2.24, 2.45) is 0 Å². The minimum Gasteiger partial charge on any atom is -0.511 e. The van der Waals surface area contributed by atoms with Gasteiger partial charge in [-0.05, 0) is 97.3 Å². The van der Waals surface area contributed by atoms with Crippen LogP contribution in [0.4, 0.5) is 5.69 Å². The molecule has 1 amide bonds. The van der Waals surface area contributed by atoms with Crippen molar-refractivity contribution in [1.82, 2.24) is 0 Å². The van der Waals surface area contributed by atoms with E-state index in [2.05, 4.69) is 5.32 Å². The summed E-state index contributed by atoms with van der Waals surface area (Å²) in [6, 6.07) is 19.2. The van der Waals surface area contributed by atoms with Crippen molar-refractivity contribution < 1.29 is 24.5 Å². The van der Waals surface area contributed by atoms with Crippen LogP contribution in [0.15, 0.2) is 76.2 Å². The first-order chi connectivity index (χ1) is 19.3. The zero-order valence-corrected chi connectivity index (χ0v) is 24.7. The maximum atomic E-state index is 13.2. The number of anilines is 1. The summed E-state index contributed by atoms with van der Waals surface area (Å²) < 4.78 is 5.87. The summed E-state index contributed by atoms with van der Waals surface area (Å²) >= 11 is 1.18. The van der Waals surface area contributed by atoms with Crippen LogP contribution in [0.2, 0.25) is 0 Å². The number of amides is 1. The Labute approximate surface area is 244 Å². The van der Waals surface area contributed by atoms with E-state index in [4.69, 9.17) is 10.00 Å². The molecule has 0 bridgehead atoms. The van der Waals surface area contributed by atoms with Crippen LogP contribution >= 0.6 is 11.8 Å². The first-order valence-electron chi connectivity index (χ1n) is 13.4. The van der Waals surface area contributed by atoms with Gasteiger partial charge in [0.15, 0.2) is 0 Å². The summed E-state index contributed by atoms with van der Waals surface area (Å²) in [6.45, 7) is 9.82. The Hall–Kier alpha value is -4.22. The molecule has 3 aromatic carbocycles. The molecule has 0 radical (unpaired) electrons. The van der Waals surface area contributed by atoms with Crippen LogP contribution in [0.25, 0.3) is 0 Å². The molecule has 8 heteroatoms. The maximum absolute atomic E-state index is 13.2. The highest BCUT2D eigenvalue weighted by atomic mass is 32.2. The summed E-state index contributed by atoms with van der Waals surface area (Å²) in [6.07, 6.45) is 1.34. The Morgan fingerprint density at radius 3 is 2.34 bits per heavy atom. The lowest BCUT2D eigenvalue weighted by Gasteiger charge is -2.34. The lowest BCUT2D eigenvalue weighted by molar-refractivity contribution is -0.156. The lowest BCUT2D eigenvalue weighted by atomic mass is 9.86. The second kappa shape index (κ2) is 11.7. The van der Waals surface area contributed by atoms with Crippen molar-refractivity contribution in [2.45, 2.75) is 69.8 Å². The highest BCUT2D eigenvalue weighted by Gasteiger charge is 2.39. The summed E-state index contributed by atoms with van der Waals surface area (Å²) in [5.41, 5.74) is 3.06. The van der Waals surface area contributed by atoms with Crippen LogP contribution in [0.3, 0.4) is 0 Å². The van der Waals surface area contributed by atoms with Gasteiger partial charge in [0.2, 0.25) is 0 Å². The Balaban J connectivity index is 1.56. The summed E-state index contributed by atoms with van der Waals surface area (Å²) in [5, 5.41) is 32.5. The van der Waals surface area contributed by atoms with Crippen LogP contribution in [-0.4, -0.2) is 27.7 Å². The van der Waals surface area contributed by atoms with Crippen LogP contribution < -0.4 is 5.32 Å². The Morgan fingerprint density at radius 1 is 1.10 bits per heavy atom. The molecule has 1 aliphatic heterocycles. The highest BCUT2D eigenvalue weighted by Crippen LogP contribution is 2.44. The van der Waals surface area contributed by atoms with Crippen molar-refractivity contribution >= 4 is 29.3 Å². The fourth-order valence-corrected chi connectivity index (χ4v) is 5.90. The number of aliphatic hydroxyl groups is 1. The van der Waals surface area contributed by atoms with Gasteiger partial charge in [0.05, 0.1) is 11.6 Å². The van der Waals surface area contributed by atoms with Gasteiger partial charge in [-0.15, -0.1) is 0 Å². The van der Waals surface area contributed by atoms with E-state index < -0.39 is 11.6 Å². The van der Waals surface area contributed by atoms with Gasteiger partial charge in [-0.2, -0.15) is 5.26 Å². The van der Waals surface area contributed by atoms with Crippen LogP contribution in [-0.2, 0) is 21.4 Å². The predicted molar refractivity (Wildman–Crippen MR) is 160 cm³/mol. The van der Waals surface area contributed by atoms with Crippen molar-refractivity contribution in [2.75, 3.05) is 5.32 Å². The lowest BCUT2D eigenvalue weighted by Crippen LogP contribution is -2.37. The third-order valence-electron chi connectivity index (χ3n) is 7.08. The number of esters is 1. The quantitative estimate of drug-likeness (QED) is 0.255. The van der Waals surface area contributed by atoms with Gasteiger partial charge in [-0.3, -0.25) is 4.79 Å². The van der Waals surface area contributed by atoms with Crippen LogP contribution in [0.5, 0.6) is 5.75 Å². The molecule has 0 spiro atoms. The van der Waals surface area contributed by atoms with E-state index in [1.807, 2.05) is 65.0 Å². The van der Waals surface area contributed by atoms with Gasteiger partial charge in [0, 0.05) is 22.6 Å². The number of cyclic esters (lactones) is 1. The molecule has 0 saturated heterocycles. The predicted octanol–water partition coefficient (Wildman–Crippen LogP) is 7.32. The number of nitrogens with zero attached hydrogens (tertiary/aromatic N) is 1. The van der Waals surface area contributed by atoms with Crippen molar-refractivity contribution in [3.8, 4) is 11.8 Å². The third-order valence-corrected chi connectivity index (χ3v) is 8.24. The second-order valence-corrected chi connectivity index (χ2v) is 12.7. The number of aliphatic hydroxyl groups excluding tert-OH is 1. The van der Waals surface area contributed by atoms with Crippen LogP contribution in [0.1, 0.15) is 73.1 Å². The normalized spacial score (nSPS) is 17.1. The van der Waals surface area contributed by atoms with Gasteiger partial charge in [0.1, 0.15) is 22.0 Å². The number of phenolic OH excluding ortho intramolecular Hbond substituents is 1. The molecule has 3 aromatic rings. The molecule has 41 heavy (non-hydrogen) atoms. The van der Waals surface area contributed by atoms with Crippen molar-refractivity contribution in [3.63, 3.8) is 0 Å². The van der Waals surface area contributed by atoms with E-state index in [1.54, 1.807) is 36.4 Å². The molecule has 1 heterocycles. The van der Waals surface area contributed by atoms with E-state index in [-0.39, 0.29) is 34.2 Å². The number of hydrogen-bond donors (Lipinski definition) is 3. The molecular formula is C33H34N2O5S. The van der Waals surface area contributed by atoms with Crippen LogP contribution in [0, 0.1) is 18.3 Å². The summed E-state index contributed by atoms with van der Waals surface area (Å²) in [7, 11) is 0. The van der Waals surface area contributed by atoms with E-state index in [1.165, 1.54) is 11.8 Å². The zero-order valence-electron chi connectivity index (χ0n) is 23.9. The number of ether oxygens (including phenoxy) is 1. The first kappa shape index (κ1) is 29.8. The second-order valence-electron chi connectivity index (χ2n) is 11.6. The number of rotatable bonds is 7. The van der Waals surface area contributed by atoms with Crippen molar-refractivity contribution in [3.05, 3.63) is 99.1 Å². The largest absolute Gasteiger partial charge is 0.511 e. The van der Waals surface area contributed by atoms with E-state index in [0.29, 0.717) is 29.7 Å². The molecule has 0 saturated carbocycles.